The van der Waals surface area contributed by atoms with E-state index < -0.39 is 5.97 Å². The summed E-state index contributed by atoms with van der Waals surface area (Å²) in [5.74, 6) is -0.793. The molecule has 2 aromatic rings. The highest BCUT2D eigenvalue weighted by Gasteiger charge is 2.16. The average Bonchev–Trinajstić information content (AvgIpc) is 2.70. The summed E-state index contributed by atoms with van der Waals surface area (Å²) >= 11 is 12.7. The first-order chi connectivity index (χ1) is 8.58. The van der Waals surface area contributed by atoms with Crippen molar-refractivity contribution in [2.45, 2.75) is 6.61 Å². The third-order valence-corrected chi connectivity index (χ3v) is 3.81. The molecule has 1 aromatic heterocycles. The van der Waals surface area contributed by atoms with Gasteiger partial charge >= 0.3 is 5.97 Å². The molecule has 2 rings (SSSR count). The fourth-order valence-corrected chi connectivity index (χ4v) is 2.56. The van der Waals surface area contributed by atoms with Crippen LogP contribution in [0.2, 0.25) is 9.36 Å². The molecule has 0 spiro atoms. The van der Waals surface area contributed by atoms with E-state index in [1.807, 2.05) is 18.2 Å². The molecule has 0 aliphatic carbocycles. The molecule has 3 nitrogen and oxygen atoms in total. The minimum absolute atomic E-state index is 0.0899. The van der Waals surface area contributed by atoms with Crippen molar-refractivity contribution in [1.82, 2.24) is 0 Å². The predicted octanol–water partition coefficient (Wildman–Crippen LogP) is 4.33. The van der Waals surface area contributed by atoms with Gasteiger partial charge in [0.05, 0.1) is 4.34 Å². The van der Waals surface area contributed by atoms with Gasteiger partial charge in [0.1, 0.15) is 12.4 Å². The first-order valence-electron chi connectivity index (χ1n) is 4.96. The smallest absolute Gasteiger partial charge is 0.349 e. The first-order valence-corrected chi connectivity index (χ1v) is 6.54. The van der Waals surface area contributed by atoms with Gasteiger partial charge in [0, 0.05) is 16.7 Å². The van der Waals surface area contributed by atoms with Crippen LogP contribution in [-0.4, -0.2) is 11.1 Å². The van der Waals surface area contributed by atoms with Crippen molar-refractivity contribution < 1.29 is 14.6 Å². The third-order valence-electron chi connectivity index (χ3n) is 2.20. The summed E-state index contributed by atoms with van der Waals surface area (Å²) in [6.45, 7) is 0.201. The summed E-state index contributed by atoms with van der Waals surface area (Å²) in [5.41, 5.74) is 0.790. The molecule has 0 aliphatic heterocycles. The fraction of sp³-hybridized carbons (Fsp3) is 0.0833. The molecule has 0 radical (unpaired) electrons. The molecule has 0 fully saturated rings. The summed E-state index contributed by atoms with van der Waals surface area (Å²) in [4.78, 5) is 11.0. The number of benzene rings is 1. The quantitative estimate of drug-likeness (QED) is 0.914. The number of carboxylic acid groups (broad SMARTS) is 1. The second-order valence-corrected chi connectivity index (χ2v) is 5.52. The minimum Gasteiger partial charge on any atom is -0.487 e. The lowest BCUT2D eigenvalue weighted by atomic mass is 10.2. The van der Waals surface area contributed by atoms with E-state index in [0.29, 0.717) is 9.36 Å². The Kier molecular flexibility index (Phi) is 4.11. The Labute approximate surface area is 118 Å². The van der Waals surface area contributed by atoms with Crippen LogP contribution in [0.1, 0.15) is 15.2 Å². The number of carbonyl (C=O) groups is 1. The minimum atomic E-state index is -1.05. The van der Waals surface area contributed by atoms with Crippen LogP contribution in [0.5, 0.6) is 5.75 Å². The summed E-state index contributed by atoms with van der Waals surface area (Å²) in [5, 5.41) is 9.56. The Bertz CT molecular complexity index is 580. The number of ether oxygens (including phenoxy) is 1. The third kappa shape index (κ3) is 2.96. The number of hydrogen-bond acceptors (Lipinski definition) is 3. The molecule has 1 aromatic carbocycles. The Morgan fingerprint density at radius 3 is 2.72 bits per heavy atom. The van der Waals surface area contributed by atoms with Crippen molar-refractivity contribution in [3.05, 3.63) is 50.1 Å². The van der Waals surface area contributed by atoms with Crippen LogP contribution in [0, 0.1) is 0 Å². The number of carboxylic acids is 1. The van der Waals surface area contributed by atoms with Gasteiger partial charge < -0.3 is 9.84 Å². The van der Waals surface area contributed by atoms with Gasteiger partial charge in [0.25, 0.3) is 0 Å². The average molecular weight is 303 g/mol. The van der Waals surface area contributed by atoms with Crippen molar-refractivity contribution in [3.8, 4) is 5.75 Å². The van der Waals surface area contributed by atoms with E-state index in [1.54, 1.807) is 6.07 Å². The van der Waals surface area contributed by atoms with E-state index in [1.165, 1.54) is 6.07 Å². The normalized spacial score (nSPS) is 10.3. The first kappa shape index (κ1) is 13.2. The number of aromatic carboxylic acids is 1. The molecule has 94 valence electrons. The van der Waals surface area contributed by atoms with Crippen molar-refractivity contribution in [1.29, 1.82) is 0 Å². The van der Waals surface area contributed by atoms with Crippen LogP contribution >= 0.6 is 34.5 Å². The van der Waals surface area contributed by atoms with Crippen LogP contribution < -0.4 is 4.74 Å². The van der Waals surface area contributed by atoms with Crippen molar-refractivity contribution >= 4 is 40.5 Å². The molecular weight excluding hydrogens is 295 g/mol. The van der Waals surface area contributed by atoms with Gasteiger partial charge in [-0.15, -0.1) is 11.3 Å². The monoisotopic (exact) mass is 302 g/mol. The number of rotatable bonds is 4. The van der Waals surface area contributed by atoms with E-state index in [0.717, 1.165) is 16.9 Å². The maximum atomic E-state index is 11.0. The molecule has 0 saturated heterocycles. The van der Waals surface area contributed by atoms with Gasteiger partial charge in [-0.2, -0.15) is 0 Å². The molecule has 1 heterocycles. The Morgan fingerprint density at radius 2 is 2.06 bits per heavy atom. The highest BCUT2D eigenvalue weighted by Crippen LogP contribution is 2.33. The van der Waals surface area contributed by atoms with Crippen molar-refractivity contribution in [2.24, 2.45) is 0 Å². The molecule has 0 atom stereocenters. The summed E-state index contributed by atoms with van der Waals surface area (Å²) < 4.78 is 5.82. The van der Waals surface area contributed by atoms with Crippen LogP contribution in [0.3, 0.4) is 0 Å². The van der Waals surface area contributed by atoms with E-state index in [-0.39, 0.29) is 17.2 Å². The number of halogens is 2. The zero-order chi connectivity index (χ0) is 13.1. The Morgan fingerprint density at radius 1 is 1.33 bits per heavy atom. The zero-order valence-electron chi connectivity index (χ0n) is 9.02. The standard InChI is InChI=1S/C12H8Cl2O3S/c13-8-4-2-1-3-7(8)6-17-9-5-10(14)18-11(9)12(15)16/h1-5H,6H2,(H,15,16). The predicted molar refractivity (Wildman–Crippen MR) is 72.1 cm³/mol. The van der Waals surface area contributed by atoms with Gasteiger partial charge in [-0.3, -0.25) is 0 Å². The molecule has 6 heteroatoms. The Balaban J connectivity index is 2.16. The Hall–Kier alpha value is -1.23. The molecule has 0 unspecified atom stereocenters. The molecule has 0 aliphatic rings. The van der Waals surface area contributed by atoms with Gasteiger partial charge in [0.15, 0.2) is 4.88 Å². The largest absolute Gasteiger partial charge is 0.487 e. The van der Waals surface area contributed by atoms with Crippen molar-refractivity contribution in [3.63, 3.8) is 0 Å². The maximum Gasteiger partial charge on any atom is 0.349 e. The lowest BCUT2D eigenvalue weighted by molar-refractivity contribution is 0.0697. The summed E-state index contributed by atoms with van der Waals surface area (Å²) in [6.07, 6.45) is 0. The van der Waals surface area contributed by atoms with E-state index in [4.69, 9.17) is 33.0 Å². The van der Waals surface area contributed by atoms with Gasteiger partial charge in [0.2, 0.25) is 0 Å². The summed E-state index contributed by atoms with van der Waals surface area (Å²) in [7, 11) is 0. The van der Waals surface area contributed by atoms with Crippen LogP contribution in [0.25, 0.3) is 0 Å². The van der Waals surface area contributed by atoms with E-state index in [2.05, 4.69) is 0 Å². The molecule has 18 heavy (non-hydrogen) atoms. The molecule has 0 amide bonds. The van der Waals surface area contributed by atoms with E-state index >= 15 is 0 Å². The highest BCUT2D eigenvalue weighted by molar-refractivity contribution is 7.18. The maximum absolute atomic E-state index is 11.0. The fourth-order valence-electron chi connectivity index (χ4n) is 1.37. The molecule has 0 saturated carbocycles. The molecule has 0 bridgehead atoms. The number of hydrogen-bond donors (Lipinski definition) is 1. The van der Waals surface area contributed by atoms with Crippen LogP contribution in [0.4, 0.5) is 0 Å². The van der Waals surface area contributed by atoms with Gasteiger partial charge in [-0.1, -0.05) is 41.4 Å². The second-order valence-electron chi connectivity index (χ2n) is 3.43. The molecule has 1 N–H and O–H groups in total. The lowest BCUT2D eigenvalue weighted by Gasteiger charge is -2.06. The topological polar surface area (TPSA) is 46.5 Å². The molecular formula is C12H8Cl2O3S. The SMILES string of the molecule is O=C(O)c1sc(Cl)cc1OCc1ccccc1Cl. The van der Waals surface area contributed by atoms with Gasteiger partial charge in [-0.25, -0.2) is 4.79 Å². The van der Waals surface area contributed by atoms with Crippen LogP contribution in [-0.2, 0) is 6.61 Å². The van der Waals surface area contributed by atoms with Gasteiger partial charge in [-0.05, 0) is 6.07 Å². The number of thiophene rings is 1. The summed E-state index contributed by atoms with van der Waals surface area (Å²) in [6, 6.07) is 8.71. The van der Waals surface area contributed by atoms with E-state index in [9.17, 15) is 4.79 Å². The van der Waals surface area contributed by atoms with Crippen LogP contribution in [0.15, 0.2) is 30.3 Å². The zero-order valence-corrected chi connectivity index (χ0v) is 11.4. The van der Waals surface area contributed by atoms with Crippen molar-refractivity contribution in [2.75, 3.05) is 0 Å². The second kappa shape index (κ2) is 5.61. The lowest BCUT2D eigenvalue weighted by Crippen LogP contribution is -2.00. The highest BCUT2D eigenvalue weighted by atomic mass is 35.5.